The molecule has 5 atom stereocenters. The quantitative estimate of drug-likeness (QED) is 0.400. The lowest BCUT2D eigenvalue weighted by molar-refractivity contribution is -0.176. The predicted molar refractivity (Wildman–Crippen MR) is 83.9 cm³/mol. The fraction of sp³-hybridized carbons (Fsp3) is 0.833. The predicted octanol–water partition coefficient (Wildman–Crippen LogP) is 1.75. The summed E-state index contributed by atoms with van der Waals surface area (Å²) < 4.78 is 14.9. The number of hydrogen-bond acceptors (Lipinski definition) is 6. The smallest absolute Gasteiger partial charge is 0.345 e. The van der Waals surface area contributed by atoms with Crippen molar-refractivity contribution >= 4 is 18.2 Å². The Hall–Kier alpha value is -1.43. The summed E-state index contributed by atoms with van der Waals surface area (Å²) in [6, 6.07) is 0. The highest BCUT2D eigenvalue weighted by Gasteiger charge is 2.52. The van der Waals surface area contributed by atoms with Crippen LogP contribution < -0.4 is 0 Å². The van der Waals surface area contributed by atoms with Crippen LogP contribution in [0, 0.1) is 29.6 Å². The maximum atomic E-state index is 12.2. The normalized spacial score (nSPS) is 36.0. The molecule has 24 heavy (non-hydrogen) atoms. The summed E-state index contributed by atoms with van der Waals surface area (Å²) in [5.74, 6) is 2.37. The Bertz CT molecular complexity index is 500. The molecule has 2 bridgehead atoms. The molecule has 6 nitrogen and oxygen atoms in total. The van der Waals surface area contributed by atoms with E-state index in [2.05, 4.69) is 4.74 Å². The molecule has 0 heterocycles. The van der Waals surface area contributed by atoms with Gasteiger partial charge in [-0.15, -0.1) is 0 Å². The molecule has 3 fully saturated rings. The number of carbonyl (C=O) groups is 3. The van der Waals surface area contributed by atoms with Crippen molar-refractivity contribution in [3.8, 4) is 0 Å². The zero-order valence-corrected chi connectivity index (χ0v) is 14.4. The monoisotopic (exact) mass is 338 g/mol. The number of fused-ring (bicyclic) bond motifs is 5. The van der Waals surface area contributed by atoms with Gasteiger partial charge in [-0.1, -0.05) is 0 Å². The van der Waals surface area contributed by atoms with Crippen LogP contribution >= 0.6 is 0 Å². The third kappa shape index (κ3) is 3.21. The molecule has 0 aromatic rings. The van der Waals surface area contributed by atoms with Gasteiger partial charge in [0.05, 0.1) is 13.7 Å². The molecule has 0 N–H and O–H groups in total. The van der Waals surface area contributed by atoms with Gasteiger partial charge in [-0.05, 0) is 68.6 Å². The zero-order valence-electron chi connectivity index (χ0n) is 14.4. The summed E-state index contributed by atoms with van der Waals surface area (Å²) in [6.07, 6.45) is 6.75. The van der Waals surface area contributed by atoms with Crippen LogP contribution in [-0.4, -0.2) is 44.1 Å². The minimum absolute atomic E-state index is 0.330. The average molecular weight is 338 g/mol. The molecule has 0 radical (unpaired) electrons. The highest BCUT2D eigenvalue weighted by molar-refractivity contribution is 5.96. The van der Waals surface area contributed by atoms with Crippen LogP contribution in [0.2, 0.25) is 0 Å². The van der Waals surface area contributed by atoms with Gasteiger partial charge < -0.3 is 14.2 Å². The number of esters is 2. The van der Waals surface area contributed by atoms with Crippen LogP contribution in [0.1, 0.15) is 39.0 Å². The summed E-state index contributed by atoms with van der Waals surface area (Å²) >= 11 is 0. The summed E-state index contributed by atoms with van der Waals surface area (Å²) in [5.41, 5.74) is -1.76. The van der Waals surface area contributed by atoms with Crippen LogP contribution in [0.3, 0.4) is 0 Å². The maximum absolute atomic E-state index is 12.2. The molecular formula is C18H26O6. The number of rotatable bonds is 7. The SMILES string of the molecule is COC(=O)COC(C)(C=O)C(=O)OCC1CC2C3CCC(C3)C2C1. The van der Waals surface area contributed by atoms with Crippen LogP contribution in [-0.2, 0) is 28.6 Å². The lowest BCUT2D eigenvalue weighted by Crippen LogP contribution is -2.43. The Labute approximate surface area is 142 Å². The molecule has 0 aromatic heterocycles. The van der Waals surface area contributed by atoms with Crippen LogP contribution in [0.25, 0.3) is 0 Å². The van der Waals surface area contributed by atoms with Crippen molar-refractivity contribution in [2.45, 2.75) is 44.6 Å². The van der Waals surface area contributed by atoms with E-state index in [0.29, 0.717) is 18.8 Å². The Morgan fingerprint density at radius 1 is 1.12 bits per heavy atom. The van der Waals surface area contributed by atoms with Crippen molar-refractivity contribution in [1.29, 1.82) is 0 Å². The largest absolute Gasteiger partial charge is 0.467 e. The molecule has 0 saturated heterocycles. The molecule has 3 aliphatic carbocycles. The van der Waals surface area contributed by atoms with Crippen LogP contribution in [0.4, 0.5) is 0 Å². The first kappa shape index (κ1) is 17.4. The number of ether oxygens (including phenoxy) is 3. The molecule has 3 aliphatic rings. The van der Waals surface area contributed by atoms with E-state index in [-0.39, 0.29) is 0 Å². The van der Waals surface area contributed by atoms with Crippen molar-refractivity contribution in [3.05, 3.63) is 0 Å². The van der Waals surface area contributed by atoms with Gasteiger partial charge in [-0.3, -0.25) is 4.79 Å². The molecule has 0 spiro atoms. The number of methoxy groups -OCH3 is 1. The fourth-order valence-electron chi connectivity index (χ4n) is 5.01. The topological polar surface area (TPSA) is 78.9 Å². The number of carbonyl (C=O) groups excluding carboxylic acids is 3. The van der Waals surface area contributed by atoms with Gasteiger partial charge in [0.1, 0.15) is 6.61 Å². The van der Waals surface area contributed by atoms with Gasteiger partial charge in [0.25, 0.3) is 0 Å². The molecule has 6 heteroatoms. The second-order valence-electron chi connectivity index (χ2n) is 7.69. The lowest BCUT2D eigenvalue weighted by Gasteiger charge is -2.23. The summed E-state index contributed by atoms with van der Waals surface area (Å²) in [6.45, 7) is 1.18. The van der Waals surface area contributed by atoms with Gasteiger partial charge in [0.15, 0.2) is 6.29 Å². The van der Waals surface area contributed by atoms with Crippen molar-refractivity contribution < 1.29 is 28.6 Å². The van der Waals surface area contributed by atoms with E-state index < -0.39 is 24.1 Å². The second-order valence-corrected chi connectivity index (χ2v) is 7.69. The van der Waals surface area contributed by atoms with Crippen molar-refractivity contribution in [2.75, 3.05) is 20.3 Å². The Kier molecular flexibility index (Phi) is 4.95. The first-order valence-electron chi connectivity index (χ1n) is 8.81. The number of aldehydes is 1. The van der Waals surface area contributed by atoms with E-state index in [0.717, 1.165) is 36.5 Å². The molecular weight excluding hydrogens is 312 g/mol. The van der Waals surface area contributed by atoms with Gasteiger partial charge >= 0.3 is 11.9 Å². The van der Waals surface area contributed by atoms with Crippen molar-refractivity contribution in [2.24, 2.45) is 29.6 Å². The van der Waals surface area contributed by atoms with E-state index in [1.54, 1.807) is 0 Å². The first-order chi connectivity index (χ1) is 11.5. The minimum Gasteiger partial charge on any atom is -0.467 e. The summed E-state index contributed by atoms with van der Waals surface area (Å²) in [5, 5.41) is 0. The lowest BCUT2D eigenvalue weighted by atomic mass is 9.82. The highest BCUT2D eigenvalue weighted by atomic mass is 16.6. The fourth-order valence-corrected chi connectivity index (χ4v) is 5.01. The molecule has 3 rings (SSSR count). The van der Waals surface area contributed by atoms with E-state index in [9.17, 15) is 14.4 Å². The van der Waals surface area contributed by atoms with Crippen LogP contribution in [0.15, 0.2) is 0 Å². The minimum atomic E-state index is -1.76. The average Bonchev–Trinajstić information content (AvgIpc) is 3.29. The third-order valence-electron chi connectivity index (χ3n) is 6.28. The summed E-state index contributed by atoms with van der Waals surface area (Å²) in [4.78, 5) is 34.6. The second kappa shape index (κ2) is 6.82. The maximum Gasteiger partial charge on any atom is 0.345 e. The van der Waals surface area contributed by atoms with Gasteiger partial charge in [0.2, 0.25) is 5.60 Å². The Balaban J connectivity index is 1.48. The van der Waals surface area contributed by atoms with Crippen molar-refractivity contribution in [3.63, 3.8) is 0 Å². The van der Waals surface area contributed by atoms with E-state index in [1.807, 2.05) is 0 Å². The molecule has 5 unspecified atom stereocenters. The molecule has 0 aliphatic heterocycles. The highest BCUT2D eigenvalue weighted by Crippen LogP contribution is 2.60. The standard InChI is InChI=1S/C18H26O6/c1-18(10-19,24-9-16(20)22-2)17(21)23-8-11-5-14-12-3-4-13(7-12)15(14)6-11/h10-15H,3-9H2,1-2H3. The van der Waals surface area contributed by atoms with Crippen molar-refractivity contribution in [1.82, 2.24) is 0 Å². The molecule has 3 saturated carbocycles. The van der Waals surface area contributed by atoms with E-state index in [4.69, 9.17) is 9.47 Å². The van der Waals surface area contributed by atoms with E-state index in [1.165, 1.54) is 33.3 Å². The zero-order chi connectivity index (χ0) is 17.3. The van der Waals surface area contributed by atoms with Gasteiger partial charge in [-0.2, -0.15) is 0 Å². The molecule has 0 aromatic carbocycles. The molecule has 0 amide bonds. The van der Waals surface area contributed by atoms with Crippen LogP contribution in [0.5, 0.6) is 0 Å². The third-order valence-corrected chi connectivity index (χ3v) is 6.28. The summed E-state index contributed by atoms with van der Waals surface area (Å²) in [7, 11) is 1.21. The van der Waals surface area contributed by atoms with Gasteiger partial charge in [0, 0.05) is 0 Å². The first-order valence-corrected chi connectivity index (χ1v) is 8.81. The molecule has 134 valence electrons. The van der Waals surface area contributed by atoms with E-state index >= 15 is 0 Å². The Morgan fingerprint density at radius 2 is 1.75 bits per heavy atom. The Morgan fingerprint density at radius 3 is 2.29 bits per heavy atom. The van der Waals surface area contributed by atoms with Gasteiger partial charge in [-0.25, -0.2) is 9.59 Å². The number of hydrogen-bond donors (Lipinski definition) is 0.